The highest BCUT2D eigenvalue weighted by atomic mass is 16.6. The Bertz CT molecular complexity index is 1220. The van der Waals surface area contributed by atoms with Crippen LogP contribution in [0.25, 0.3) is 0 Å². The second-order valence-corrected chi connectivity index (χ2v) is 15.3. The van der Waals surface area contributed by atoms with Gasteiger partial charge in [0, 0.05) is 19.3 Å². The second-order valence-electron chi connectivity index (χ2n) is 15.3. The molecular formula is C53H86O6. The van der Waals surface area contributed by atoms with Gasteiger partial charge in [-0.1, -0.05) is 182 Å². The average Bonchev–Trinajstić information content (AvgIpc) is 3.23. The van der Waals surface area contributed by atoms with Crippen molar-refractivity contribution in [2.24, 2.45) is 0 Å². The van der Waals surface area contributed by atoms with E-state index in [2.05, 4.69) is 118 Å². The molecule has 0 aromatic heterocycles. The van der Waals surface area contributed by atoms with Crippen LogP contribution in [0.5, 0.6) is 0 Å². The van der Waals surface area contributed by atoms with Crippen molar-refractivity contribution in [2.75, 3.05) is 13.2 Å². The molecule has 6 nitrogen and oxygen atoms in total. The van der Waals surface area contributed by atoms with Gasteiger partial charge in [-0.15, -0.1) is 0 Å². The minimum atomic E-state index is -0.807. The summed E-state index contributed by atoms with van der Waals surface area (Å²) in [5.74, 6) is -0.980. The molecule has 0 bridgehead atoms. The number of allylic oxidation sites excluding steroid dienone is 16. The first kappa shape index (κ1) is 55.3. The van der Waals surface area contributed by atoms with E-state index in [1.807, 2.05) is 0 Å². The third-order valence-electron chi connectivity index (χ3n) is 9.58. The lowest BCUT2D eigenvalue weighted by atomic mass is 10.1. The normalized spacial score (nSPS) is 12.9. The number of carbonyl (C=O) groups excluding carboxylic acids is 3. The molecule has 0 aliphatic carbocycles. The minimum Gasteiger partial charge on any atom is -0.462 e. The van der Waals surface area contributed by atoms with Crippen LogP contribution in [0.15, 0.2) is 97.2 Å². The number of esters is 3. The van der Waals surface area contributed by atoms with Gasteiger partial charge in [0.15, 0.2) is 6.10 Å². The molecule has 6 heteroatoms. The predicted octanol–water partition coefficient (Wildman–Crippen LogP) is 15.4. The van der Waals surface area contributed by atoms with E-state index in [0.717, 1.165) is 116 Å². The SMILES string of the molecule is CC/C=C\C/C=C\C/C=C\C/C=C\CCCCCCC(=O)OCC(COC(=O)CCCCCCCCCCC)OC(=O)CCCC/C=C\C/C=C\C/C=C\C/C=C\CC. The van der Waals surface area contributed by atoms with Crippen LogP contribution in [-0.2, 0) is 28.6 Å². The molecule has 0 saturated carbocycles. The molecule has 334 valence electrons. The standard InChI is InChI=1S/C53H86O6/c1-4-7-10-13-16-19-21-23-25-26-28-29-31-34-37-40-43-46-52(55)58-49-50(48-57-51(54)45-42-39-36-33-18-15-12-9-6-3)59-53(56)47-44-41-38-35-32-30-27-24-22-20-17-14-11-8-5-2/h7-8,10-11,16-17,19-20,23-25,27-29,32,35,50H,4-6,9,12-15,18,21-22,26,30-31,33-34,36-49H2,1-3H3/b10-7-,11-8-,19-16-,20-17-,25-23-,27-24-,29-28-,35-32-. The van der Waals surface area contributed by atoms with E-state index in [1.54, 1.807) is 0 Å². The number of carbonyl (C=O) groups is 3. The Morgan fingerprint density at radius 3 is 1.07 bits per heavy atom. The lowest BCUT2D eigenvalue weighted by Crippen LogP contribution is -2.30. The van der Waals surface area contributed by atoms with Crippen molar-refractivity contribution < 1.29 is 28.6 Å². The van der Waals surface area contributed by atoms with Crippen LogP contribution in [0.4, 0.5) is 0 Å². The van der Waals surface area contributed by atoms with Gasteiger partial charge in [-0.05, 0) is 96.3 Å². The zero-order chi connectivity index (χ0) is 43.0. The Morgan fingerprint density at radius 2 is 0.661 bits per heavy atom. The summed E-state index contributed by atoms with van der Waals surface area (Å²) in [7, 11) is 0. The van der Waals surface area contributed by atoms with E-state index in [4.69, 9.17) is 14.2 Å². The highest BCUT2D eigenvalue weighted by Crippen LogP contribution is 2.12. The molecule has 0 aliphatic rings. The summed E-state index contributed by atoms with van der Waals surface area (Å²) in [6, 6.07) is 0. The van der Waals surface area contributed by atoms with Crippen molar-refractivity contribution >= 4 is 17.9 Å². The molecule has 0 rings (SSSR count). The first-order valence-electron chi connectivity index (χ1n) is 23.7. The van der Waals surface area contributed by atoms with Crippen LogP contribution in [0, 0.1) is 0 Å². The van der Waals surface area contributed by atoms with Gasteiger partial charge in [0.1, 0.15) is 13.2 Å². The van der Waals surface area contributed by atoms with Gasteiger partial charge in [0.2, 0.25) is 0 Å². The third-order valence-corrected chi connectivity index (χ3v) is 9.58. The van der Waals surface area contributed by atoms with Crippen molar-refractivity contribution in [2.45, 2.75) is 207 Å². The molecule has 0 aromatic carbocycles. The first-order chi connectivity index (χ1) is 29.0. The average molecular weight is 819 g/mol. The maximum atomic E-state index is 12.7. The molecule has 1 unspecified atom stereocenters. The summed E-state index contributed by atoms with van der Waals surface area (Å²) < 4.78 is 16.7. The van der Waals surface area contributed by atoms with Crippen molar-refractivity contribution in [3.05, 3.63) is 97.2 Å². The highest BCUT2D eigenvalue weighted by Gasteiger charge is 2.19. The van der Waals surface area contributed by atoms with Crippen LogP contribution in [0.1, 0.15) is 201 Å². The van der Waals surface area contributed by atoms with E-state index >= 15 is 0 Å². The molecule has 0 amide bonds. The van der Waals surface area contributed by atoms with Crippen LogP contribution < -0.4 is 0 Å². The summed E-state index contributed by atoms with van der Waals surface area (Å²) >= 11 is 0. The van der Waals surface area contributed by atoms with E-state index in [9.17, 15) is 14.4 Å². The maximum Gasteiger partial charge on any atom is 0.306 e. The van der Waals surface area contributed by atoms with Crippen molar-refractivity contribution in [3.8, 4) is 0 Å². The van der Waals surface area contributed by atoms with Gasteiger partial charge in [-0.3, -0.25) is 14.4 Å². The number of hydrogen-bond acceptors (Lipinski definition) is 6. The zero-order valence-corrected chi connectivity index (χ0v) is 38.0. The molecular weight excluding hydrogens is 733 g/mol. The molecule has 0 aromatic rings. The molecule has 0 aliphatic heterocycles. The zero-order valence-electron chi connectivity index (χ0n) is 38.0. The molecule has 59 heavy (non-hydrogen) atoms. The summed E-state index contributed by atoms with van der Waals surface area (Å²) in [5.41, 5.74) is 0. The Morgan fingerprint density at radius 1 is 0.356 bits per heavy atom. The van der Waals surface area contributed by atoms with E-state index in [0.29, 0.717) is 19.3 Å². The smallest absolute Gasteiger partial charge is 0.306 e. The largest absolute Gasteiger partial charge is 0.462 e. The van der Waals surface area contributed by atoms with Crippen molar-refractivity contribution in [3.63, 3.8) is 0 Å². The van der Waals surface area contributed by atoms with Crippen LogP contribution in [0.2, 0.25) is 0 Å². The van der Waals surface area contributed by atoms with Gasteiger partial charge in [-0.25, -0.2) is 0 Å². The van der Waals surface area contributed by atoms with E-state index < -0.39 is 6.10 Å². The quantitative estimate of drug-likeness (QED) is 0.0265. The topological polar surface area (TPSA) is 78.9 Å². The van der Waals surface area contributed by atoms with Gasteiger partial charge in [0.05, 0.1) is 0 Å². The van der Waals surface area contributed by atoms with Crippen molar-refractivity contribution in [1.82, 2.24) is 0 Å². The molecule has 0 fully saturated rings. The minimum absolute atomic E-state index is 0.103. The number of rotatable bonds is 41. The van der Waals surface area contributed by atoms with Gasteiger partial charge in [-0.2, -0.15) is 0 Å². The lowest BCUT2D eigenvalue weighted by molar-refractivity contribution is -0.167. The molecule has 0 radical (unpaired) electrons. The number of unbranched alkanes of at least 4 members (excludes halogenated alkanes) is 14. The molecule has 0 N–H and O–H groups in total. The monoisotopic (exact) mass is 819 g/mol. The molecule has 1 atom stereocenters. The third kappa shape index (κ3) is 45.3. The first-order valence-corrected chi connectivity index (χ1v) is 23.7. The fourth-order valence-corrected chi connectivity index (χ4v) is 6.07. The summed E-state index contributed by atoms with van der Waals surface area (Å²) in [4.78, 5) is 37.8. The summed E-state index contributed by atoms with van der Waals surface area (Å²) in [6.07, 6.45) is 61.1. The molecule has 0 spiro atoms. The Labute approximate surface area is 362 Å². The van der Waals surface area contributed by atoms with Gasteiger partial charge < -0.3 is 14.2 Å². The number of ether oxygens (including phenoxy) is 3. The second kappa shape index (κ2) is 47.0. The van der Waals surface area contributed by atoms with Gasteiger partial charge >= 0.3 is 17.9 Å². The Balaban J connectivity index is 4.48. The highest BCUT2D eigenvalue weighted by molar-refractivity contribution is 5.71. The van der Waals surface area contributed by atoms with Crippen LogP contribution in [0.3, 0.4) is 0 Å². The summed E-state index contributed by atoms with van der Waals surface area (Å²) in [6.45, 7) is 6.31. The molecule has 0 heterocycles. The Hall–Kier alpha value is -3.67. The van der Waals surface area contributed by atoms with Crippen LogP contribution >= 0.6 is 0 Å². The fraction of sp³-hybridized carbons (Fsp3) is 0.642. The molecule has 0 saturated heterocycles. The number of hydrogen-bond donors (Lipinski definition) is 0. The summed E-state index contributed by atoms with van der Waals surface area (Å²) in [5, 5.41) is 0. The predicted molar refractivity (Wildman–Crippen MR) is 251 cm³/mol. The lowest BCUT2D eigenvalue weighted by Gasteiger charge is -2.18. The van der Waals surface area contributed by atoms with E-state index in [1.165, 1.54) is 38.5 Å². The fourth-order valence-electron chi connectivity index (χ4n) is 6.07. The van der Waals surface area contributed by atoms with Crippen molar-refractivity contribution in [1.29, 1.82) is 0 Å². The van der Waals surface area contributed by atoms with Gasteiger partial charge in [0.25, 0.3) is 0 Å². The van der Waals surface area contributed by atoms with E-state index in [-0.39, 0.29) is 37.5 Å². The Kier molecular flexibility index (Phi) is 44.1. The maximum absolute atomic E-state index is 12.7. The van der Waals surface area contributed by atoms with Crippen LogP contribution in [-0.4, -0.2) is 37.2 Å².